The van der Waals surface area contributed by atoms with Crippen molar-refractivity contribution in [1.82, 2.24) is 0 Å². The van der Waals surface area contributed by atoms with E-state index in [1.807, 2.05) is 0 Å². The number of nitrogens with zero attached hydrogens (tertiary/aromatic N) is 1. The summed E-state index contributed by atoms with van der Waals surface area (Å²) in [6.07, 6.45) is -3.89. The predicted octanol–water partition coefficient (Wildman–Crippen LogP) is 2.91. The van der Waals surface area contributed by atoms with Gasteiger partial charge in [-0.15, -0.1) is 0 Å². The van der Waals surface area contributed by atoms with Crippen LogP contribution in [0.3, 0.4) is 0 Å². The Balaban J connectivity index is 3.02. The van der Waals surface area contributed by atoms with Crippen molar-refractivity contribution in [3.8, 4) is 0 Å². The first-order valence-electron chi connectivity index (χ1n) is 5.52. The predicted molar refractivity (Wildman–Crippen MR) is 61.0 cm³/mol. The van der Waals surface area contributed by atoms with Gasteiger partial charge in [0.15, 0.2) is 0 Å². The zero-order chi connectivity index (χ0) is 12.9. The van der Waals surface area contributed by atoms with Crippen molar-refractivity contribution in [1.29, 1.82) is 0 Å². The minimum atomic E-state index is -4.34. The number of hydrogen-bond donors (Lipinski definition) is 1. The molecule has 0 unspecified atom stereocenters. The molecular formula is C12H16F3NO. The van der Waals surface area contributed by atoms with Crippen LogP contribution in [0, 0.1) is 0 Å². The van der Waals surface area contributed by atoms with Gasteiger partial charge >= 0.3 is 6.18 Å². The SMILES string of the molecule is CCN(CCCO)c1ccccc1C(F)(F)F. The van der Waals surface area contributed by atoms with E-state index >= 15 is 0 Å². The Labute approximate surface area is 98.7 Å². The molecular weight excluding hydrogens is 231 g/mol. The van der Waals surface area contributed by atoms with Crippen LogP contribution in [0.4, 0.5) is 18.9 Å². The summed E-state index contributed by atoms with van der Waals surface area (Å²) in [6, 6.07) is 5.51. The van der Waals surface area contributed by atoms with Crippen molar-refractivity contribution in [3.05, 3.63) is 29.8 Å². The van der Waals surface area contributed by atoms with Crippen LogP contribution in [0.5, 0.6) is 0 Å². The molecule has 0 saturated heterocycles. The van der Waals surface area contributed by atoms with Gasteiger partial charge in [0.25, 0.3) is 0 Å². The van der Waals surface area contributed by atoms with E-state index in [9.17, 15) is 13.2 Å². The first-order chi connectivity index (χ1) is 8.00. The van der Waals surface area contributed by atoms with Gasteiger partial charge in [-0.2, -0.15) is 13.2 Å². The molecule has 0 heterocycles. The maximum Gasteiger partial charge on any atom is 0.418 e. The molecule has 0 saturated carbocycles. The van der Waals surface area contributed by atoms with Crippen molar-refractivity contribution in [2.24, 2.45) is 0 Å². The van der Waals surface area contributed by atoms with Crippen LogP contribution >= 0.6 is 0 Å². The van der Waals surface area contributed by atoms with E-state index in [1.54, 1.807) is 17.9 Å². The summed E-state index contributed by atoms with van der Waals surface area (Å²) in [5.41, 5.74) is -0.448. The average Bonchev–Trinajstić information content (AvgIpc) is 2.29. The Kier molecular flexibility index (Phi) is 4.81. The van der Waals surface area contributed by atoms with Gasteiger partial charge in [-0.3, -0.25) is 0 Å². The molecule has 0 bridgehead atoms. The fourth-order valence-corrected chi connectivity index (χ4v) is 1.70. The summed E-state index contributed by atoms with van der Waals surface area (Å²) >= 11 is 0. The summed E-state index contributed by atoms with van der Waals surface area (Å²) in [6.45, 7) is 2.67. The van der Waals surface area contributed by atoms with E-state index in [4.69, 9.17) is 5.11 Å². The highest BCUT2D eigenvalue weighted by Crippen LogP contribution is 2.36. The van der Waals surface area contributed by atoms with E-state index in [0.29, 0.717) is 19.5 Å². The molecule has 1 aromatic rings. The largest absolute Gasteiger partial charge is 0.418 e. The molecule has 0 aromatic heterocycles. The molecule has 0 atom stereocenters. The van der Waals surface area contributed by atoms with E-state index in [0.717, 1.165) is 6.07 Å². The normalized spacial score (nSPS) is 11.6. The first kappa shape index (κ1) is 13.8. The highest BCUT2D eigenvalue weighted by molar-refractivity contribution is 5.54. The number of hydrogen-bond acceptors (Lipinski definition) is 2. The van der Waals surface area contributed by atoms with E-state index in [1.165, 1.54) is 12.1 Å². The standard InChI is InChI=1S/C12H16F3NO/c1-2-16(8-5-9-17)11-7-4-3-6-10(11)12(13,14)15/h3-4,6-7,17H,2,5,8-9H2,1H3. The zero-order valence-electron chi connectivity index (χ0n) is 9.67. The Bertz CT molecular complexity index is 352. The number of anilines is 1. The molecule has 0 aliphatic carbocycles. The molecule has 1 N–H and O–H groups in total. The topological polar surface area (TPSA) is 23.5 Å². The second-order valence-electron chi connectivity index (χ2n) is 3.67. The molecule has 1 aromatic carbocycles. The molecule has 0 radical (unpaired) electrons. The monoisotopic (exact) mass is 247 g/mol. The first-order valence-corrected chi connectivity index (χ1v) is 5.52. The van der Waals surface area contributed by atoms with Crippen molar-refractivity contribution in [3.63, 3.8) is 0 Å². The van der Waals surface area contributed by atoms with Gasteiger partial charge < -0.3 is 10.0 Å². The van der Waals surface area contributed by atoms with Crippen LogP contribution in [-0.2, 0) is 6.18 Å². The molecule has 96 valence electrons. The number of aliphatic hydroxyl groups excluding tert-OH is 1. The van der Waals surface area contributed by atoms with Gasteiger partial charge in [-0.25, -0.2) is 0 Å². The Hall–Kier alpha value is -1.23. The number of halogens is 3. The van der Waals surface area contributed by atoms with Crippen LogP contribution in [0.1, 0.15) is 18.9 Å². The lowest BCUT2D eigenvalue weighted by Gasteiger charge is -2.26. The number of benzene rings is 1. The number of rotatable bonds is 5. The van der Waals surface area contributed by atoms with E-state index in [-0.39, 0.29) is 12.3 Å². The molecule has 0 spiro atoms. The lowest BCUT2D eigenvalue weighted by molar-refractivity contribution is -0.137. The Morgan fingerprint density at radius 3 is 2.41 bits per heavy atom. The minimum absolute atomic E-state index is 0.0231. The van der Waals surface area contributed by atoms with Crippen LogP contribution in [0.25, 0.3) is 0 Å². The minimum Gasteiger partial charge on any atom is -0.396 e. The van der Waals surface area contributed by atoms with E-state index in [2.05, 4.69) is 0 Å². The fourth-order valence-electron chi connectivity index (χ4n) is 1.70. The molecule has 1 rings (SSSR count). The summed E-state index contributed by atoms with van der Waals surface area (Å²) in [5, 5.41) is 8.74. The van der Waals surface area contributed by atoms with Gasteiger partial charge in [0.1, 0.15) is 0 Å². The highest BCUT2D eigenvalue weighted by Gasteiger charge is 2.34. The summed E-state index contributed by atoms with van der Waals surface area (Å²) in [5.74, 6) is 0. The van der Waals surface area contributed by atoms with Gasteiger partial charge in [0, 0.05) is 25.4 Å². The van der Waals surface area contributed by atoms with Crippen LogP contribution < -0.4 is 4.90 Å². The summed E-state index contributed by atoms with van der Waals surface area (Å²) in [7, 11) is 0. The fraction of sp³-hybridized carbons (Fsp3) is 0.500. The second-order valence-corrected chi connectivity index (χ2v) is 3.67. The quantitative estimate of drug-likeness (QED) is 0.864. The van der Waals surface area contributed by atoms with Crippen molar-refractivity contribution < 1.29 is 18.3 Å². The van der Waals surface area contributed by atoms with Crippen molar-refractivity contribution >= 4 is 5.69 Å². The third-order valence-electron chi connectivity index (χ3n) is 2.52. The van der Waals surface area contributed by atoms with Gasteiger partial charge in [-0.1, -0.05) is 12.1 Å². The smallest absolute Gasteiger partial charge is 0.396 e. The molecule has 0 aliphatic rings. The number of alkyl halides is 3. The Morgan fingerprint density at radius 2 is 1.88 bits per heavy atom. The molecule has 0 amide bonds. The summed E-state index contributed by atoms with van der Waals surface area (Å²) < 4.78 is 38.4. The van der Waals surface area contributed by atoms with Crippen molar-refractivity contribution in [2.75, 3.05) is 24.6 Å². The maximum atomic E-state index is 12.8. The third-order valence-corrected chi connectivity index (χ3v) is 2.52. The molecule has 0 aliphatic heterocycles. The number of aliphatic hydroxyl groups is 1. The van der Waals surface area contributed by atoms with Crippen LogP contribution in [0.15, 0.2) is 24.3 Å². The molecule has 5 heteroatoms. The van der Waals surface area contributed by atoms with Crippen molar-refractivity contribution in [2.45, 2.75) is 19.5 Å². The second kappa shape index (κ2) is 5.91. The van der Waals surface area contributed by atoms with Gasteiger partial charge in [0.2, 0.25) is 0 Å². The molecule has 2 nitrogen and oxygen atoms in total. The average molecular weight is 247 g/mol. The van der Waals surface area contributed by atoms with Crippen LogP contribution in [-0.4, -0.2) is 24.8 Å². The highest BCUT2D eigenvalue weighted by atomic mass is 19.4. The number of para-hydroxylation sites is 1. The molecule has 17 heavy (non-hydrogen) atoms. The lowest BCUT2D eigenvalue weighted by Crippen LogP contribution is -2.27. The summed E-state index contributed by atoms with van der Waals surface area (Å²) in [4.78, 5) is 1.62. The zero-order valence-corrected chi connectivity index (χ0v) is 9.67. The van der Waals surface area contributed by atoms with Gasteiger partial charge in [-0.05, 0) is 25.5 Å². The van der Waals surface area contributed by atoms with Crippen LogP contribution in [0.2, 0.25) is 0 Å². The third kappa shape index (κ3) is 3.63. The maximum absolute atomic E-state index is 12.8. The molecule has 0 fully saturated rings. The Morgan fingerprint density at radius 1 is 1.24 bits per heavy atom. The lowest BCUT2D eigenvalue weighted by atomic mass is 10.1. The van der Waals surface area contributed by atoms with Gasteiger partial charge in [0.05, 0.1) is 5.56 Å². The van der Waals surface area contributed by atoms with E-state index < -0.39 is 11.7 Å².